The highest BCUT2D eigenvalue weighted by atomic mass is 79.9. The maximum absolute atomic E-state index is 6.26. The van der Waals surface area contributed by atoms with Gasteiger partial charge in [-0.05, 0) is 53.4 Å². The molecular weight excluding hydrogens is 300 g/mol. The quantitative estimate of drug-likeness (QED) is 0.718. The molecule has 0 radical (unpaired) electrons. The molecule has 88 valence electrons. The minimum atomic E-state index is 0.505. The van der Waals surface area contributed by atoms with Gasteiger partial charge in [0.15, 0.2) is 0 Å². The maximum atomic E-state index is 6.26. The van der Waals surface area contributed by atoms with Crippen molar-refractivity contribution < 1.29 is 0 Å². The molecule has 0 unspecified atom stereocenters. The Morgan fingerprint density at radius 3 is 2.71 bits per heavy atom. The van der Waals surface area contributed by atoms with E-state index in [-0.39, 0.29) is 0 Å². The van der Waals surface area contributed by atoms with Gasteiger partial charge in [-0.2, -0.15) is 0 Å². The molecule has 1 saturated carbocycles. The van der Waals surface area contributed by atoms with E-state index >= 15 is 0 Å². The Balaban J connectivity index is 2.24. The van der Waals surface area contributed by atoms with Gasteiger partial charge >= 0.3 is 0 Å². The van der Waals surface area contributed by atoms with Gasteiger partial charge in [-0.15, -0.1) is 0 Å². The summed E-state index contributed by atoms with van der Waals surface area (Å²) in [5.74, 6) is 1.41. The lowest BCUT2D eigenvalue weighted by atomic mass is 9.85. The zero-order valence-electron chi connectivity index (χ0n) is 9.50. The number of rotatable bonds is 1. The van der Waals surface area contributed by atoms with Gasteiger partial charge in [0.2, 0.25) is 0 Å². The Labute approximate surface area is 114 Å². The molecule has 0 saturated heterocycles. The molecular formula is C13H12BrClN2. The summed E-state index contributed by atoms with van der Waals surface area (Å²) in [6.07, 6.45) is 3.65. The van der Waals surface area contributed by atoms with E-state index in [4.69, 9.17) is 11.6 Å². The minimum absolute atomic E-state index is 0.505. The van der Waals surface area contributed by atoms with Crippen LogP contribution in [-0.4, -0.2) is 9.97 Å². The molecule has 0 atom stereocenters. The van der Waals surface area contributed by atoms with E-state index in [0.717, 1.165) is 26.8 Å². The first-order valence-electron chi connectivity index (χ1n) is 5.78. The maximum Gasteiger partial charge on any atom is 0.140 e. The Kier molecular flexibility index (Phi) is 2.83. The van der Waals surface area contributed by atoms with Gasteiger partial charge in [-0.3, -0.25) is 0 Å². The summed E-state index contributed by atoms with van der Waals surface area (Å²) >= 11 is 9.82. The molecule has 1 heterocycles. The summed E-state index contributed by atoms with van der Waals surface area (Å²) in [4.78, 5) is 9.10. The van der Waals surface area contributed by atoms with Gasteiger partial charge in [0.1, 0.15) is 11.0 Å². The molecule has 0 spiro atoms. The van der Waals surface area contributed by atoms with Crippen molar-refractivity contribution in [3.63, 3.8) is 0 Å². The molecule has 1 aliphatic rings. The largest absolute Gasteiger partial charge is 0.231 e. The van der Waals surface area contributed by atoms with Crippen LogP contribution in [0.2, 0.25) is 5.15 Å². The monoisotopic (exact) mass is 310 g/mol. The highest BCUT2D eigenvalue weighted by Gasteiger charge is 2.23. The fourth-order valence-corrected chi connectivity index (χ4v) is 3.05. The predicted octanol–water partition coefficient (Wildman–Crippen LogP) is 4.62. The van der Waals surface area contributed by atoms with E-state index in [1.54, 1.807) is 0 Å². The molecule has 1 aliphatic carbocycles. The van der Waals surface area contributed by atoms with Gasteiger partial charge in [0.25, 0.3) is 0 Å². The van der Waals surface area contributed by atoms with Crippen molar-refractivity contribution in [2.45, 2.75) is 32.1 Å². The number of fused-ring (bicyclic) bond motifs is 1. The Bertz CT molecular complexity index is 593. The number of halogens is 2. The molecule has 3 rings (SSSR count). The average molecular weight is 312 g/mol. The van der Waals surface area contributed by atoms with Crippen LogP contribution in [0.25, 0.3) is 10.9 Å². The molecule has 2 aromatic rings. The van der Waals surface area contributed by atoms with Crippen molar-refractivity contribution in [3.8, 4) is 0 Å². The Morgan fingerprint density at radius 1 is 1.29 bits per heavy atom. The summed E-state index contributed by atoms with van der Waals surface area (Å²) < 4.78 is 0.998. The second-order valence-corrected chi connectivity index (χ2v) is 5.86. The van der Waals surface area contributed by atoms with Crippen molar-refractivity contribution in [1.29, 1.82) is 0 Å². The number of nitrogens with zero attached hydrogens (tertiary/aromatic N) is 2. The van der Waals surface area contributed by atoms with Crippen LogP contribution < -0.4 is 0 Å². The molecule has 0 bridgehead atoms. The van der Waals surface area contributed by atoms with Crippen molar-refractivity contribution in [2.75, 3.05) is 0 Å². The Morgan fingerprint density at radius 2 is 2.06 bits per heavy atom. The first-order chi connectivity index (χ1) is 8.15. The van der Waals surface area contributed by atoms with Crippen molar-refractivity contribution in [2.24, 2.45) is 0 Å². The number of benzene rings is 1. The fourth-order valence-electron chi connectivity index (χ4n) is 2.15. The third-order valence-corrected chi connectivity index (χ3v) is 4.23. The van der Waals surface area contributed by atoms with Crippen molar-refractivity contribution in [1.82, 2.24) is 9.97 Å². The molecule has 4 heteroatoms. The summed E-state index contributed by atoms with van der Waals surface area (Å²) in [6, 6.07) is 4.10. The second kappa shape index (κ2) is 4.21. The zero-order valence-corrected chi connectivity index (χ0v) is 11.8. The topological polar surface area (TPSA) is 25.8 Å². The number of aryl methyl sites for hydroxylation is 1. The van der Waals surface area contributed by atoms with E-state index in [1.165, 1.54) is 19.3 Å². The smallest absolute Gasteiger partial charge is 0.140 e. The van der Waals surface area contributed by atoms with E-state index in [2.05, 4.69) is 32.0 Å². The van der Waals surface area contributed by atoms with Crippen LogP contribution >= 0.6 is 27.5 Å². The molecule has 0 aliphatic heterocycles. The third kappa shape index (κ3) is 1.95. The van der Waals surface area contributed by atoms with Gasteiger partial charge in [0.05, 0.1) is 5.52 Å². The molecule has 0 amide bonds. The lowest BCUT2D eigenvalue weighted by molar-refractivity contribution is 0.402. The summed E-state index contributed by atoms with van der Waals surface area (Å²) in [6.45, 7) is 2.04. The lowest BCUT2D eigenvalue weighted by Gasteiger charge is -2.24. The highest BCUT2D eigenvalue weighted by Crippen LogP contribution is 2.37. The third-order valence-electron chi connectivity index (χ3n) is 3.34. The number of aromatic nitrogens is 2. The van der Waals surface area contributed by atoms with Crippen LogP contribution in [0.5, 0.6) is 0 Å². The van der Waals surface area contributed by atoms with E-state index in [0.29, 0.717) is 11.1 Å². The van der Waals surface area contributed by atoms with Crippen LogP contribution in [0, 0.1) is 6.92 Å². The van der Waals surface area contributed by atoms with Crippen molar-refractivity contribution >= 4 is 38.4 Å². The van der Waals surface area contributed by atoms with Crippen LogP contribution in [0.1, 0.15) is 36.6 Å². The van der Waals surface area contributed by atoms with Crippen molar-refractivity contribution in [3.05, 3.63) is 33.1 Å². The van der Waals surface area contributed by atoms with Gasteiger partial charge in [0, 0.05) is 15.8 Å². The molecule has 2 nitrogen and oxygen atoms in total. The van der Waals surface area contributed by atoms with Crippen LogP contribution in [0.3, 0.4) is 0 Å². The fraction of sp³-hybridized carbons (Fsp3) is 0.385. The number of hydrogen-bond donors (Lipinski definition) is 0. The van der Waals surface area contributed by atoms with Gasteiger partial charge in [-0.25, -0.2) is 9.97 Å². The van der Waals surface area contributed by atoms with Crippen LogP contribution in [0.4, 0.5) is 0 Å². The van der Waals surface area contributed by atoms with Gasteiger partial charge < -0.3 is 0 Å². The standard InChI is InChI=1S/C13H12BrClN2/c1-7-5-9-11(10(14)6-7)16-13(17-12(9)15)8-3-2-4-8/h5-6,8H,2-4H2,1H3. The van der Waals surface area contributed by atoms with Crippen LogP contribution in [0.15, 0.2) is 16.6 Å². The summed E-state index contributed by atoms with van der Waals surface area (Å²) in [5.41, 5.74) is 2.09. The normalized spacial score (nSPS) is 16.2. The first kappa shape index (κ1) is 11.4. The van der Waals surface area contributed by atoms with E-state index in [9.17, 15) is 0 Å². The molecule has 1 aromatic heterocycles. The molecule has 17 heavy (non-hydrogen) atoms. The zero-order chi connectivity index (χ0) is 12.0. The SMILES string of the molecule is Cc1cc(Br)c2nc(C3CCC3)nc(Cl)c2c1. The van der Waals surface area contributed by atoms with Gasteiger partial charge in [-0.1, -0.05) is 18.0 Å². The molecule has 1 fully saturated rings. The number of hydrogen-bond acceptors (Lipinski definition) is 2. The predicted molar refractivity (Wildman–Crippen MR) is 73.6 cm³/mol. The van der Waals surface area contributed by atoms with Crippen LogP contribution in [-0.2, 0) is 0 Å². The van der Waals surface area contributed by atoms with E-state index < -0.39 is 0 Å². The second-order valence-electron chi connectivity index (χ2n) is 4.64. The Hall–Kier alpha value is -0.670. The van der Waals surface area contributed by atoms with E-state index in [1.807, 2.05) is 13.0 Å². The average Bonchev–Trinajstić information content (AvgIpc) is 2.17. The minimum Gasteiger partial charge on any atom is -0.231 e. The summed E-state index contributed by atoms with van der Waals surface area (Å²) in [5, 5.41) is 1.50. The molecule has 1 aromatic carbocycles. The first-order valence-corrected chi connectivity index (χ1v) is 6.95. The highest BCUT2D eigenvalue weighted by molar-refractivity contribution is 9.10. The molecule has 0 N–H and O–H groups in total. The lowest BCUT2D eigenvalue weighted by Crippen LogP contribution is -2.13. The summed E-state index contributed by atoms with van der Waals surface area (Å²) in [7, 11) is 0.